The Hall–Kier alpha value is -3.02. The monoisotopic (exact) mass is 425 g/mol. The number of nitrogens with one attached hydrogen (secondary N) is 2. The van der Waals surface area contributed by atoms with Gasteiger partial charge in [-0.25, -0.2) is 0 Å². The van der Waals surface area contributed by atoms with Gasteiger partial charge in [-0.05, 0) is 62.6 Å². The van der Waals surface area contributed by atoms with E-state index in [0.717, 1.165) is 42.9 Å². The number of amides is 2. The van der Waals surface area contributed by atoms with Gasteiger partial charge in [0.25, 0.3) is 5.91 Å². The van der Waals surface area contributed by atoms with Crippen molar-refractivity contribution in [3.8, 4) is 5.75 Å². The van der Waals surface area contributed by atoms with Crippen LogP contribution in [0, 0.1) is 0 Å². The molecule has 0 aliphatic heterocycles. The third kappa shape index (κ3) is 8.32. The molecule has 0 fully saturated rings. The molecule has 168 valence electrons. The summed E-state index contributed by atoms with van der Waals surface area (Å²) in [4.78, 5) is 26.9. The van der Waals surface area contributed by atoms with Crippen molar-refractivity contribution in [2.75, 3.05) is 25.0 Å². The molecule has 0 radical (unpaired) electrons. The van der Waals surface area contributed by atoms with Gasteiger partial charge in [0.15, 0.2) is 0 Å². The SMILES string of the molecule is CCCN(CCC)C(=O)c1cccc(NCC(=O)NCc2ccc(OC(C)C)cc2)c1. The molecule has 0 aromatic heterocycles. The molecule has 2 N–H and O–H groups in total. The number of rotatable bonds is 12. The van der Waals surface area contributed by atoms with Crippen molar-refractivity contribution in [2.45, 2.75) is 53.2 Å². The summed E-state index contributed by atoms with van der Waals surface area (Å²) in [7, 11) is 0. The molecular formula is C25H35N3O3. The van der Waals surface area contributed by atoms with E-state index in [4.69, 9.17) is 4.74 Å². The summed E-state index contributed by atoms with van der Waals surface area (Å²) in [6.07, 6.45) is 1.99. The number of hydrogen-bond donors (Lipinski definition) is 2. The number of ether oxygens (including phenoxy) is 1. The number of benzene rings is 2. The molecule has 0 spiro atoms. The molecule has 6 heteroatoms. The first-order valence-electron chi connectivity index (χ1n) is 11.1. The van der Waals surface area contributed by atoms with Crippen molar-refractivity contribution in [2.24, 2.45) is 0 Å². The quantitative estimate of drug-likeness (QED) is 0.527. The number of anilines is 1. The van der Waals surface area contributed by atoms with Crippen molar-refractivity contribution < 1.29 is 14.3 Å². The van der Waals surface area contributed by atoms with Crippen molar-refractivity contribution in [1.82, 2.24) is 10.2 Å². The van der Waals surface area contributed by atoms with Crippen molar-refractivity contribution >= 4 is 17.5 Å². The van der Waals surface area contributed by atoms with Gasteiger partial charge in [-0.2, -0.15) is 0 Å². The predicted molar refractivity (Wildman–Crippen MR) is 125 cm³/mol. The van der Waals surface area contributed by atoms with Crippen LogP contribution >= 0.6 is 0 Å². The van der Waals surface area contributed by atoms with E-state index in [2.05, 4.69) is 24.5 Å². The fraction of sp³-hybridized carbons (Fsp3) is 0.440. The second-order valence-electron chi connectivity index (χ2n) is 7.81. The van der Waals surface area contributed by atoms with E-state index in [1.165, 1.54) is 0 Å². The molecule has 6 nitrogen and oxygen atoms in total. The highest BCUT2D eigenvalue weighted by Gasteiger charge is 2.14. The van der Waals surface area contributed by atoms with E-state index in [9.17, 15) is 9.59 Å². The molecule has 0 saturated carbocycles. The zero-order chi connectivity index (χ0) is 22.6. The molecular weight excluding hydrogens is 390 g/mol. The number of nitrogens with zero attached hydrogens (tertiary/aromatic N) is 1. The zero-order valence-electron chi connectivity index (χ0n) is 19.1. The smallest absolute Gasteiger partial charge is 0.253 e. The van der Waals surface area contributed by atoms with Gasteiger partial charge in [-0.15, -0.1) is 0 Å². The molecule has 0 aliphatic rings. The summed E-state index contributed by atoms with van der Waals surface area (Å²) in [6, 6.07) is 15.0. The highest BCUT2D eigenvalue weighted by atomic mass is 16.5. The lowest BCUT2D eigenvalue weighted by atomic mass is 10.1. The van der Waals surface area contributed by atoms with E-state index >= 15 is 0 Å². The average Bonchev–Trinajstić information content (AvgIpc) is 2.76. The van der Waals surface area contributed by atoms with Gasteiger partial charge in [0.2, 0.25) is 5.91 Å². The molecule has 0 bridgehead atoms. The molecule has 0 saturated heterocycles. The Bertz CT molecular complexity index is 828. The van der Waals surface area contributed by atoms with Crippen LogP contribution in [0.2, 0.25) is 0 Å². The Labute approximate surface area is 186 Å². The Morgan fingerprint density at radius 2 is 1.68 bits per heavy atom. The van der Waals surface area contributed by atoms with Crippen molar-refractivity contribution in [3.05, 3.63) is 59.7 Å². The number of carbonyl (C=O) groups excluding carboxylic acids is 2. The minimum absolute atomic E-state index is 0.0293. The Kier molecular flexibility index (Phi) is 9.88. The molecule has 0 atom stereocenters. The normalized spacial score (nSPS) is 10.6. The van der Waals surface area contributed by atoms with E-state index in [-0.39, 0.29) is 24.5 Å². The summed E-state index contributed by atoms with van der Waals surface area (Å²) < 4.78 is 5.63. The largest absolute Gasteiger partial charge is 0.491 e. The van der Waals surface area contributed by atoms with Crippen LogP contribution in [-0.2, 0) is 11.3 Å². The van der Waals surface area contributed by atoms with Gasteiger partial charge in [0.05, 0.1) is 12.6 Å². The molecule has 31 heavy (non-hydrogen) atoms. The summed E-state index contributed by atoms with van der Waals surface area (Å²) in [5.41, 5.74) is 2.39. The van der Waals surface area contributed by atoms with Crippen LogP contribution in [0.25, 0.3) is 0 Å². The first kappa shape index (κ1) is 24.3. The highest BCUT2D eigenvalue weighted by molar-refractivity contribution is 5.95. The summed E-state index contributed by atoms with van der Waals surface area (Å²) in [6.45, 7) is 10.2. The standard InChI is InChI=1S/C25H35N3O3/c1-5-14-28(15-6-2)25(30)21-8-7-9-22(16-21)26-18-24(29)27-17-20-10-12-23(13-11-20)31-19(3)4/h7-13,16,19,26H,5-6,14-15,17-18H2,1-4H3,(H,27,29). The summed E-state index contributed by atoms with van der Waals surface area (Å²) in [5.74, 6) is 0.733. The van der Waals surface area contributed by atoms with Crippen molar-refractivity contribution in [1.29, 1.82) is 0 Å². The maximum absolute atomic E-state index is 12.8. The van der Waals surface area contributed by atoms with E-state index in [1.807, 2.05) is 61.2 Å². The lowest BCUT2D eigenvalue weighted by molar-refractivity contribution is -0.119. The maximum Gasteiger partial charge on any atom is 0.253 e. The highest BCUT2D eigenvalue weighted by Crippen LogP contribution is 2.15. The van der Waals surface area contributed by atoms with Crippen LogP contribution in [-0.4, -0.2) is 42.5 Å². The molecule has 2 rings (SSSR count). The fourth-order valence-electron chi connectivity index (χ4n) is 3.20. The minimum Gasteiger partial charge on any atom is -0.491 e. The zero-order valence-corrected chi connectivity index (χ0v) is 19.1. The molecule has 0 aliphatic carbocycles. The van der Waals surface area contributed by atoms with Crippen LogP contribution in [0.1, 0.15) is 56.5 Å². The van der Waals surface area contributed by atoms with E-state index in [0.29, 0.717) is 12.1 Å². The molecule has 2 aromatic rings. The van der Waals surface area contributed by atoms with E-state index in [1.54, 1.807) is 6.07 Å². The van der Waals surface area contributed by atoms with Gasteiger partial charge >= 0.3 is 0 Å². The lowest BCUT2D eigenvalue weighted by Gasteiger charge is -2.21. The topological polar surface area (TPSA) is 70.7 Å². The lowest BCUT2D eigenvalue weighted by Crippen LogP contribution is -2.32. The van der Waals surface area contributed by atoms with Gasteiger partial charge < -0.3 is 20.3 Å². The first-order chi connectivity index (χ1) is 14.9. The van der Waals surface area contributed by atoms with Gasteiger partial charge in [-0.3, -0.25) is 9.59 Å². The predicted octanol–water partition coefficient (Wildman–Crippen LogP) is 4.46. The van der Waals surface area contributed by atoms with Gasteiger partial charge in [0, 0.05) is 30.9 Å². The van der Waals surface area contributed by atoms with Crippen LogP contribution in [0.15, 0.2) is 48.5 Å². The van der Waals surface area contributed by atoms with Crippen LogP contribution in [0.3, 0.4) is 0 Å². The number of carbonyl (C=O) groups is 2. The number of hydrogen-bond acceptors (Lipinski definition) is 4. The molecule has 0 heterocycles. The minimum atomic E-state index is -0.113. The van der Waals surface area contributed by atoms with Crippen LogP contribution in [0.5, 0.6) is 5.75 Å². The second kappa shape index (κ2) is 12.6. The first-order valence-corrected chi connectivity index (χ1v) is 11.1. The van der Waals surface area contributed by atoms with Crippen molar-refractivity contribution in [3.63, 3.8) is 0 Å². The molecule has 0 unspecified atom stereocenters. The Morgan fingerprint density at radius 3 is 2.29 bits per heavy atom. The third-order valence-electron chi connectivity index (χ3n) is 4.62. The third-order valence-corrected chi connectivity index (χ3v) is 4.62. The van der Waals surface area contributed by atoms with Crippen LogP contribution in [0.4, 0.5) is 5.69 Å². The van der Waals surface area contributed by atoms with Gasteiger partial charge in [0.1, 0.15) is 5.75 Å². The summed E-state index contributed by atoms with van der Waals surface area (Å²) in [5, 5.41) is 6.01. The Morgan fingerprint density at radius 1 is 1.00 bits per heavy atom. The molecule has 2 amide bonds. The van der Waals surface area contributed by atoms with E-state index < -0.39 is 0 Å². The Balaban J connectivity index is 1.85. The fourth-order valence-corrected chi connectivity index (χ4v) is 3.20. The summed E-state index contributed by atoms with van der Waals surface area (Å²) >= 11 is 0. The molecule has 2 aromatic carbocycles. The van der Waals surface area contributed by atoms with Crippen LogP contribution < -0.4 is 15.4 Å². The van der Waals surface area contributed by atoms with Gasteiger partial charge in [-0.1, -0.05) is 32.0 Å². The maximum atomic E-state index is 12.8. The second-order valence-corrected chi connectivity index (χ2v) is 7.81. The average molecular weight is 426 g/mol.